The number of rotatable bonds is 5. The zero-order valence-electron chi connectivity index (χ0n) is 11.6. The Morgan fingerprint density at radius 2 is 1.80 bits per heavy atom. The van der Waals surface area contributed by atoms with Gasteiger partial charge in [0.1, 0.15) is 13.1 Å². The second-order valence-electron chi connectivity index (χ2n) is 4.82. The minimum absolute atomic E-state index is 0. The topological polar surface area (TPSA) is 59.8 Å². The summed E-state index contributed by atoms with van der Waals surface area (Å²) in [4.78, 5) is 1.72. The molecule has 0 atom stereocenters. The quantitative estimate of drug-likeness (QED) is 0.585. The fourth-order valence-corrected chi connectivity index (χ4v) is 3.10. The molecule has 20 heavy (non-hydrogen) atoms. The first-order valence-corrected chi connectivity index (χ1v) is 8.04. The fourth-order valence-electron chi connectivity index (χ4n) is 2.07. The highest BCUT2D eigenvalue weighted by atomic mass is 35.5. The Hall–Kier alpha value is -0.660. The number of hydrogen-bond donors (Lipinski definition) is 2. The first-order chi connectivity index (χ1) is 9.08. The van der Waals surface area contributed by atoms with Gasteiger partial charge in [-0.3, -0.25) is 0 Å². The third kappa shape index (κ3) is 5.03. The minimum Gasteiger partial charge on any atom is -1.00 e. The molecule has 1 heterocycles. The van der Waals surface area contributed by atoms with Crippen LogP contribution in [-0.4, -0.2) is 47.8 Å². The van der Waals surface area contributed by atoms with Crippen molar-refractivity contribution in [2.45, 2.75) is 11.8 Å². The van der Waals surface area contributed by atoms with Crippen LogP contribution in [0.1, 0.15) is 5.56 Å². The predicted octanol–water partition coefficient (Wildman–Crippen LogP) is -3.81. The molecule has 1 saturated heterocycles. The highest BCUT2D eigenvalue weighted by Crippen LogP contribution is 2.09. The van der Waals surface area contributed by atoms with Crippen LogP contribution in [0.4, 0.5) is 0 Å². The van der Waals surface area contributed by atoms with E-state index in [0.717, 1.165) is 38.4 Å². The van der Waals surface area contributed by atoms with Gasteiger partial charge in [0.2, 0.25) is 10.0 Å². The molecule has 1 aliphatic heterocycles. The van der Waals surface area contributed by atoms with E-state index in [1.54, 1.807) is 12.1 Å². The number of ether oxygens (including phenoxy) is 1. The molecule has 5 nitrogen and oxygen atoms in total. The van der Waals surface area contributed by atoms with Crippen LogP contribution >= 0.6 is 0 Å². The summed E-state index contributed by atoms with van der Waals surface area (Å²) in [7, 11) is -3.37. The van der Waals surface area contributed by atoms with Gasteiger partial charge in [0.15, 0.2) is 0 Å². The molecule has 2 N–H and O–H groups in total. The summed E-state index contributed by atoms with van der Waals surface area (Å²) in [5.41, 5.74) is 1.05. The minimum atomic E-state index is -3.37. The lowest BCUT2D eigenvalue weighted by Crippen LogP contribution is -3.14. The van der Waals surface area contributed by atoms with Gasteiger partial charge in [-0.2, -0.15) is 0 Å². The predicted molar refractivity (Wildman–Crippen MR) is 72.8 cm³/mol. The molecule has 1 aromatic carbocycles. The van der Waals surface area contributed by atoms with Crippen LogP contribution in [0.5, 0.6) is 0 Å². The molecule has 114 valence electrons. The summed E-state index contributed by atoms with van der Waals surface area (Å²) in [6.07, 6.45) is 0. The van der Waals surface area contributed by atoms with Crippen molar-refractivity contribution in [3.8, 4) is 0 Å². The lowest BCUT2D eigenvalue weighted by Gasteiger charge is -2.23. The van der Waals surface area contributed by atoms with Crippen LogP contribution in [0.15, 0.2) is 29.2 Å². The zero-order valence-corrected chi connectivity index (χ0v) is 13.1. The van der Waals surface area contributed by atoms with Crippen LogP contribution in [0.25, 0.3) is 0 Å². The lowest BCUT2D eigenvalue weighted by atomic mass is 10.2. The lowest BCUT2D eigenvalue weighted by molar-refractivity contribution is -0.906. The third-order valence-electron chi connectivity index (χ3n) is 3.30. The number of halogens is 1. The summed E-state index contributed by atoms with van der Waals surface area (Å²) in [6, 6.07) is 6.89. The zero-order chi connectivity index (χ0) is 13.7. The summed E-state index contributed by atoms with van der Waals surface area (Å²) >= 11 is 0. The Morgan fingerprint density at radius 1 is 1.20 bits per heavy atom. The first-order valence-electron chi connectivity index (χ1n) is 6.55. The maximum absolute atomic E-state index is 12.0. The van der Waals surface area contributed by atoms with E-state index in [4.69, 9.17) is 4.74 Å². The second kappa shape index (κ2) is 7.95. The smallest absolute Gasteiger partial charge is 0.240 e. The SMILES string of the molecule is Cc1ccc(S(=O)(=O)NCC[NH+]2CCOCC2)cc1.[Cl-]. The van der Waals surface area contributed by atoms with Crippen molar-refractivity contribution in [2.75, 3.05) is 39.4 Å². The third-order valence-corrected chi connectivity index (χ3v) is 4.78. The van der Waals surface area contributed by atoms with Crippen molar-refractivity contribution in [2.24, 2.45) is 0 Å². The van der Waals surface area contributed by atoms with Gasteiger partial charge in [0, 0.05) is 0 Å². The number of hydrogen-bond acceptors (Lipinski definition) is 3. The van der Waals surface area contributed by atoms with Crippen molar-refractivity contribution in [1.82, 2.24) is 4.72 Å². The summed E-state index contributed by atoms with van der Waals surface area (Å²) in [6.45, 7) is 6.63. The van der Waals surface area contributed by atoms with E-state index in [-0.39, 0.29) is 12.4 Å². The average Bonchev–Trinajstić information content (AvgIpc) is 2.40. The monoisotopic (exact) mass is 320 g/mol. The molecule has 0 saturated carbocycles. The summed E-state index contributed by atoms with van der Waals surface area (Å²) in [5.74, 6) is 0. The standard InChI is InChI=1S/C13H20N2O3S.ClH/c1-12-2-4-13(5-3-12)19(16,17)14-6-7-15-8-10-18-11-9-15;/h2-5,14H,6-11H2,1H3;1H. The van der Waals surface area contributed by atoms with Gasteiger partial charge in [-0.05, 0) is 19.1 Å². The molecule has 0 aliphatic carbocycles. The fraction of sp³-hybridized carbons (Fsp3) is 0.538. The average molecular weight is 321 g/mol. The van der Waals surface area contributed by atoms with Gasteiger partial charge in [-0.15, -0.1) is 0 Å². The highest BCUT2D eigenvalue weighted by molar-refractivity contribution is 7.89. The van der Waals surface area contributed by atoms with E-state index in [1.807, 2.05) is 19.1 Å². The Kier molecular flexibility index (Phi) is 6.91. The number of nitrogens with one attached hydrogen (secondary N) is 2. The van der Waals surface area contributed by atoms with Gasteiger partial charge < -0.3 is 22.0 Å². The van der Waals surface area contributed by atoms with E-state index < -0.39 is 10.0 Å². The van der Waals surface area contributed by atoms with Crippen LogP contribution < -0.4 is 22.0 Å². The number of quaternary nitrogens is 1. The molecule has 0 aromatic heterocycles. The molecule has 0 amide bonds. The second-order valence-corrected chi connectivity index (χ2v) is 6.59. The van der Waals surface area contributed by atoms with Crippen molar-refractivity contribution in [3.63, 3.8) is 0 Å². The van der Waals surface area contributed by atoms with E-state index >= 15 is 0 Å². The van der Waals surface area contributed by atoms with E-state index in [9.17, 15) is 8.42 Å². The first kappa shape index (κ1) is 17.4. The molecule has 2 rings (SSSR count). The summed E-state index contributed by atoms with van der Waals surface area (Å²) in [5, 5.41) is 0. The highest BCUT2D eigenvalue weighted by Gasteiger charge is 2.16. The van der Waals surface area contributed by atoms with Crippen molar-refractivity contribution < 1.29 is 30.5 Å². The number of morpholine rings is 1. The molecule has 7 heteroatoms. The Morgan fingerprint density at radius 3 is 2.40 bits per heavy atom. The van der Waals surface area contributed by atoms with Gasteiger partial charge >= 0.3 is 0 Å². The van der Waals surface area contributed by atoms with Gasteiger partial charge in [0.05, 0.1) is 31.2 Å². The number of benzene rings is 1. The van der Waals surface area contributed by atoms with Crippen molar-refractivity contribution in [1.29, 1.82) is 0 Å². The molecule has 0 bridgehead atoms. The van der Waals surface area contributed by atoms with E-state index in [0.29, 0.717) is 11.4 Å². The Bertz CT molecular complexity index is 499. The molecule has 1 aromatic rings. The van der Waals surface area contributed by atoms with E-state index in [2.05, 4.69) is 4.72 Å². The molecular formula is C13H21ClN2O3S. The molecule has 1 fully saturated rings. The van der Waals surface area contributed by atoms with Crippen LogP contribution in [-0.2, 0) is 14.8 Å². The normalized spacial score (nSPS) is 16.6. The van der Waals surface area contributed by atoms with Gasteiger partial charge in [-0.25, -0.2) is 13.1 Å². The molecule has 0 unspecified atom stereocenters. The summed E-state index contributed by atoms with van der Waals surface area (Å²) < 4.78 is 32.0. The number of aryl methyl sites for hydroxylation is 1. The molecule has 1 aliphatic rings. The Labute approximate surface area is 126 Å². The van der Waals surface area contributed by atoms with Crippen LogP contribution in [0, 0.1) is 6.92 Å². The molecule has 0 radical (unpaired) electrons. The molecular weight excluding hydrogens is 300 g/mol. The van der Waals surface area contributed by atoms with Crippen molar-refractivity contribution in [3.05, 3.63) is 29.8 Å². The van der Waals surface area contributed by atoms with Gasteiger partial charge in [0.25, 0.3) is 0 Å². The number of sulfonamides is 1. The molecule has 0 spiro atoms. The van der Waals surface area contributed by atoms with Gasteiger partial charge in [-0.1, -0.05) is 17.7 Å². The van der Waals surface area contributed by atoms with Crippen LogP contribution in [0.2, 0.25) is 0 Å². The maximum atomic E-state index is 12.0. The largest absolute Gasteiger partial charge is 1.00 e. The van der Waals surface area contributed by atoms with E-state index in [1.165, 1.54) is 4.90 Å². The van der Waals surface area contributed by atoms with Crippen molar-refractivity contribution >= 4 is 10.0 Å². The van der Waals surface area contributed by atoms with Crippen LogP contribution in [0.3, 0.4) is 0 Å². The Balaban J connectivity index is 0.00000200. The maximum Gasteiger partial charge on any atom is 0.240 e.